The van der Waals surface area contributed by atoms with E-state index in [9.17, 15) is 0 Å². The van der Waals surface area contributed by atoms with Gasteiger partial charge in [-0.25, -0.2) is 0 Å². The Balaban J connectivity index is 2.37. The van der Waals surface area contributed by atoms with Crippen molar-refractivity contribution in [3.8, 4) is 0 Å². The molecule has 1 aromatic carbocycles. The molecule has 0 fully saturated rings. The van der Waals surface area contributed by atoms with E-state index < -0.39 is 0 Å². The molecule has 0 aliphatic rings. The molecule has 0 saturated carbocycles. The second-order valence-electron chi connectivity index (χ2n) is 3.58. The van der Waals surface area contributed by atoms with Crippen LogP contribution < -0.4 is 11.1 Å². The van der Waals surface area contributed by atoms with Crippen LogP contribution in [0.25, 0.3) is 0 Å². The van der Waals surface area contributed by atoms with Gasteiger partial charge in [0.2, 0.25) is 0 Å². The fourth-order valence-corrected chi connectivity index (χ4v) is 1.69. The number of ether oxygens (including phenoxy) is 1. The normalized spacial score (nSPS) is 10.7. The summed E-state index contributed by atoms with van der Waals surface area (Å²) in [5, 5.41) is 3.24. The maximum absolute atomic E-state index is 5.86. The molecule has 0 aliphatic heterocycles. The molecule has 0 saturated heterocycles. The van der Waals surface area contributed by atoms with Gasteiger partial charge in [0.1, 0.15) is 0 Å². The molecule has 0 unspecified atom stereocenters. The van der Waals surface area contributed by atoms with Crippen LogP contribution in [0.5, 0.6) is 0 Å². The summed E-state index contributed by atoms with van der Waals surface area (Å²) in [6.45, 7) is 5.53. The molecule has 0 spiro atoms. The highest BCUT2D eigenvalue weighted by Gasteiger charge is 1.99. The van der Waals surface area contributed by atoms with E-state index >= 15 is 0 Å². The molecule has 0 aromatic heterocycles. The van der Waals surface area contributed by atoms with Gasteiger partial charge in [-0.15, -0.1) is 0 Å². The standard InChI is InChI=1S/C11H17IN2O/c1-8(2)15-6-5-14-11-4-3-9(12)7-10(11)13/h3-4,7-8,14H,5-6,13H2,1-2H3. The summed E-state index contributed by atoms with van der Waals surface area (Å²) in [4.78, 5) is 0. The molecule has 0 heterocycles. The molecule has 4 heteroatoms. The summed E-state index contributed by atoms with van der Waals surface area (Å²) in [6, 6.07) is 5.97. The summed E-state index contributed by atoms with van der Waals surface area (Å²) in [5.41, 5.74) is 7.61. The van der Waals surface area contributed by atoms with E-state index in [-0.39, 0.29) is 6.10 Å². The van der Waals surface area contributed by atoms with Crippen LogP contribution in [-0.4, -0.2) is 19.3 Å². The van der Waals surface area contributed by atoms with Crippen LogP contribution in [0.2, 0.25) is 0 Å². The molecule has 0 aliphatic carbocycles. The Morgan fingerprint density at radius 2 is 2.20 bits per heavy atom. The van der Waals surface area contributed by atoms with Crippen molar-refractivity contribution < 1.29 is 4.74 Å². The van der Waals surface area contributed by atoms with Crippen LogP contribution in [0.4, 0.5) is 11.4 Å². The van der Waals surface area contributed by atoms with Crippen LogP contribution in [-0.2, 0) is 4.74 Å². The van der Waals surface area contributed by atoms with Gasteiger partial charge in [-0.05, 0) is 54.6 Å². The lowest BCUT2D eigenvalue weighted by Gasteiger charge is -2.11. The van der Waals surface area contributed by atoms with Gasteiger partial charge in [-0.1, -0.05) is 0 Å². The highest BCUT2D eigenvalue weighted by atomic mass is 127. The monoisotopic (exact) mass is 320 g/mol. The lowest BCUT2D eigenvalue weighted by molar-refractivity contribution is 0.0871. The van der Waals surface area contributed by atoms with E-state index in [2.05, 4.69) is 27.9 Å². The van der Waals surface area contributed by atoms with Gasteiger partial charge in [-0.2, -0.15) is 0 Å². The van der Waals surface area contributed by atoms with Crippen LogP contribution in [0.3, 0.4) is 0 Å². The Morgan fingerprint density at radius 3 is 2.80 bits per heavy atom. The molecule has 0 radical (unpaired) electrons. The zero-order valence-electron chi connectivity index (χ0n) is 9.09. The molecule has 15 heavy (non-hydrogen) atoms. The van der Waals surface area contributed by atoms with Gasteiger partial charge >= 0.3 is 0 Å². The van der Waals surface area contributed by atoms with Crippen molar-refractivity contribution in [1.82, 2.24) is 0 Å². The average Bonchev–Trinajstić information content (AvgIpc) is 2.14. The molecule has 1 aromatic rings. The van der Waals surface area contributed by atoms with Crippen molar-refractivity contribution in [2.75, 3.05) is 24.2 Å². The van der Waals surface area contributed by atoms with Crippen molar-refractivity contribution in [2.45, 2.75) is 20.0 Å². The Hall–Kier alpha value is -0.490. The minimum absolute atomic E-state index is 0.279. The molecule has 0 atom stereocenters. The van der Waals surface area contributed by atoms with E-state index in [1.165, 1.54) is 0 Å². The van der Waals surface area contributed by atoms with Crippen LogP contribution in [0.1, 0.15) is 13.8 Å². The Bertz CT molecular complexity index is 315. The first-order valence-corrected chi connectivity index (χ1v) is 6.08. The second kappa shape index (κ2) is 6.17. The number of nitrogens with one attached hydrogen (secondary N) is 1. The Kier molecular flexibility index (Phi) is 5.17. The summed E-state index contributed by atoms with van der Waals surface area (Å²) < 4.78 is 6.57. The molecule has 3 nitrogen and oxygen atoms in total. The molecule has 0 amide bonds. The predicted molar refractivity (Wildman–Crippen MR) is 73.1 cm³/mol. The van der Waals surface area contributed by atoms with E-state index in [0.29, 0.717) is 6.61 Å². The summed E-state index contributed by atoms with van der Waals surface area (Å²) in [6.07, 6.45) is 0.279. The molecule has 3 N–H and O–H groups in total. The number of anilines is 2. The fourth-order valence-electron chi connectivity index (χ4n) is 1.17. The number of rotatable bonds is 5. The quantitative estimate of drug-likeness (QED) is 0.498. The summed E-state index contributed by atoms with van der Waals surface area (Å²) >= 11 is 2.24. The van der Waals surface area contributed by atoms with Gasteiger partial charge in [0, 0.05) is 10.1 Å². The van der Waals surface area contributed by atoms with Crippen molar-refractivity contribution in [2.24, 2.45) is 0 Å². The number of nitrogen functional groups attached to an aromatic ring is 1. The van der Waals surface area contributed by atoms with Crippen molar-refractivity contribution in [3.05, 3.63) is 21.8 Å². The zero-order chi connectivity index (χ0) is 11.3. The second-order valence-corrected chi connectivity index (χ2v) is 4.82. The first-order chi connectivity index (χ1) is 7.09. The number of hydrogen-bond donors (Lipinski definition) is 2. The Labute approximate surface area is 105 Å². The van der Waals surface area contributed by atoms with Crippen LogP contribution in [0, 0.1) is 3.57 Å². The number of halogens is 1. The fraction of sp³-hybridized carbons (Fsp3) is 0.455. The third-order valence-electron chi connectivity index (χ3n) is 1.88. The average molecular weight is 320 g/mol. The van der Waals surface area contributed by atoms with Gasteiger partial charge in [-0.3, -0.25) is 0 Å². The van der Waals surface area contributed by atoms with E-state index in [1.807, 2.05) is 32.0 Å². The molecule has 0 bridgehead atoms. The third-order valence-corrected chi connectivity index (χ3v) is 2.55. The first-order valence-electron chi connectivity index (χ1n) is 5.00. The lowest BCUT2D eigenvalue weighted by Crippen LogP contribution is -2.13. The maximum Gasteiger partial charge on any atom is 0.0642 e. The highest BCUT2D eigenvalue weighted by Crippen LogP contribution is 2.20. The van der Waals surface area contributed by atoms with E-state index in [1.54, 1.807) is 0 Å². The minimum atomic E-state index is 0.279. The molecular weight excluding hydrogens is 303 g/mol. The number of hydrogen-bond acceptors (Lipinski definition) is 3. The maximum atomic E-state index is 5.86. The Morgan fingerprint density at radius 1 is 1.47 bits per heavy atom. The molecule has 84 valence electrons. The third kappa shape index (κ3) is 4.70. The van der Waals surface area contributed by atoms with Gasteiger partial charge < -0.3 is 15.8 Å². The van der Waals surface area contributed by atoms with Crippen LogP contribution >= 0.6 is 22.6 Å². The van der Waals surface area contributed by atoms with Gasteiger partial charge in [0.25, 0.3) is 0 Å². The largest absolute Gasteiger partial charge is 0.397 e. The summed E-state index contributed by atoms with van der Waals surface area (Å²) in [7, 11) is 0. The van der Waals surface area contributed by atoms with Crippen molar-refractivity contribution >= 4 is 34.0 Å². The smallest absolute Gasteiger partial charge is 0.0642 e. The first kappa shape index (κ1) is 12.6. The van der Waals surface area contributed by atoms with Crippen LogP contribution in [0.15, 0.2) is 18.2 Å². The topological polar surface area (TPSA) is 47.3 Å². The lowest BCUT2D eigenvalue weighted by atomic mass is 10.3. The molecule has 1 rings (SSSR count). The molecular formula is C11H17IN2O. The van der Waals surface area contributed by atoms with E-state index in [0.717, 1.165) is 21.5 Å². The van der Waals surface area contributed by atoms with E-state index in [4.69, 9.17) is 10.5 Å². The number of benzene rings is 1. The van der Waals surface area contributed by atoms with Crippen molar-refractivity contribution in [3.63, 3.8) is 0 Å². The zero-order valence-corrected chi connectivity index (χ0v) is 11.2. The highest BCUT2D eigenvalue weighted by molar-refractivity contribution is 14.1. The van der Waals surface area contributed by atoms with Crippen molar-refractivity contribution in [1.29, 1.82) is 0 Å². The predicted octanol–water partition coefficient (Wildman–Crippen LogP) is 2.71. The minimum Gasteiger partial charge on any atom is -0.397 e. The van der Waals surface area contributed by atoms with Gasteiger partial charge in [0.15, 0.2) is 0 Å². The number of nitrogens with two attached hydrogens (primary N) is 1. The SMILES string of the molecule is CC(C)OCCNc1ccc(I)cc1N. The van der Waals surface area contributed by atoms with Gasteiger partial charge in [0.05, 0.1) is 24.1 Å². The summed E-state index contributed by atoms with van der Waals surface area (Å²) in [5.74, 6) is 0.